The molecule has 0 saturated heterocycles. The van der Waals surface area contributed by atoms with Gasteiger partial charge in [0, 0.05) is 5.02 Å². The first kappa shape index (κ1) is 13.4. The molecule has 1 heterocycles. The molecular formula is C14H16ClNOS. The van der Waals surface area contributed by atoms with Crippen LogP contribution < -0.4 is 10.1 Å². The van der Waals surface area contributed by atoms with Crippen LogP contribution in [0.5, 0.6) is 5.75 Å². The van der Waals surface area contributed by atoms with Crippen molar-refractivity contribution < 1.29 is 4.74 Å². The highest BCUT2D eigenvalue weighted by atomic mass is 35.5. The molecule has 0 aliphatic rings. The van der Waals surface area contributed by atoms with Crippen LogP contribution in [0.3, 0.4) is 0 Å². The van der Waals surface area contributed by atoms with Crippen LogP contribution in [0.2, 0.25) is 5.02 Å². The summed E-state index contributed by atoms with van der Waals surface area (Å²) in [5.41, 5.74) is 1.27. The second-order valence-corrected chi connectivity index (χ2v) is 5.15. The lowest BCUT2D eigenvalue weighted by atomic mass is 10.1. The van der Waals surface area contributed by atoms with Crippen LogP contribution >= 0.6 is 22.9 Å². The molecule has 96 valence electrons. The zero-order chi connectivity index (χ0) is 12.8. The van der Waals surface area contributed by atoms with Crippen LogP contribution in [0.4, 0.5) is 0 Å². The number of benzene rings is 1. The topological polar surface area (TPSA) is 21.3 Å². The summed E-state index contributed by atoms with van der Waals surface area (Å²) >= 11 is 7.63. The molecule has 0 saturated carbocycles. The number of likely N-dealkylation sites (N-methyl/N-ethyl adjacent to an activating group) is 1. The van der Waals surface area contributed by atoms with Crippen molar-refractivity contribution in [3.05, 3.63) is 51.7 Å². The van der Waals surface area contributed by atoms with E-state index in [1.54, 1.807) is 11.3 Å². The smallest absolute Gasteiger partial charge is 0.120 e. The largest absolute Gasteiger partial charge is 0.492 e. The average Bonchev–Trinajstić information content (AvgIpc) is 2.88. The molecule has 0 aliphatic heterocycles. The van der Waals surface area contributed by atoms with Gasteiger partial charge in [0.15, 0.2) is 0 Å². The van der Waals surface area contributed by atoms with E-state index in [9.17, 15) is 0 Å². The van der Waals surface area contributed by atoms with Crippen LogP contribution in [0.25, 0.3) is 0 Å². The van der Waals surface area contributed by atoms with Gasteiger partial charge in [-0.05, 0) is 47.1 Å². The summed E-state index contributed by atoms with van der Waals surface area (Å²) in [4.78, 5) is 0. The molecule has 0 amide bonds. The number of hydrogen-bond acceptors (Lipinski definition) is 3. The highest BCUT2D eigenvalue weighted by molar-refractivity contribution is 7.07. The summed E-state index contributed by atoms with van der Waals surface area (Å²) in [6, 6.07) is 9.83. The average molecular weight is 282 g/mol. The highest BCUT2D eigenvalue weighted by Gasteiger charge is 2.11. The number of hydrogen-bond donors (Lipinski definition) is 1. The third kappa shape index (κ3) is 3.73. The first-order valence-electron chi connectivity index (χ1n) is 5.93. The van der Waals surface area contributed by atoms with Crippen LogP contribution in [-0.2, 0) is 0 Å². The Morgan fingerprint density at radius 3 is 2.94 bits per heavy atom. The van der Waals surface area contributed by atoms with Gasteiger partial charge in [-0.1, -0.05) is 24.6 Å². The van der Waals surface area contributed by atoms with Crippen molar-refractivity contribution in [1.82, 2.24) is 5.32 Å². The van der Waals surface area contributed by atoms with E-state index in [0.717, 1.165) is 12.3 Å². The van der Waals surface area contributed by atoms with Gasteiger partial charge < -0.3 is 10.1 Å². The SMILES string of the molecule is CCNC(COc1cccc(Cl)c1)c1ccsc1. The van der Waals surface area contributed by atoms with Crippen molar-refractivity contribution in [2.45, 2.75) is 13.0 Å². The highest BCUT2D eigenvalue weighted by Crippen LogP contribution is 2.21. The lowest BCUT2D eigenvalue weighted by Gasteiger charge is -2.17. The van der Waals surface area contributed by atoms with Gasteiger partial charge in [-0.3, -0.25) is 0 Å². The van der Waals surface area contributed by atoms with Crippen LogP contribution in [0.15, 0.2) is 41.1 Å². The molecule has 0 spiro atoms. The van der Waals surface area contributed by atoms with Gasteiger partial charge in [0.1, 0.15) is 12.4 Å². The van der Waals surface area contributed by atoms with Crippen LogP contribution in [-0.4, -0.2) is 13.2 Å². The maximum atomic E-state index is 5.93. The van der Waals surface area contributed by atoms with E-state index < -0.39 is 0 Å². The summed E-state index contributed by atoms with van der Waals surface area (Å²) in [6.07, 6.45) is 0. The van der Waals surface area contributed by atoms with E-state index in [-0.39, 0.29) is 6.04 Å². The second-order valence-electron chi connectivity index (χ2n) is 3.94. The lowest BCUT2D eigenvalue weighted by Crippen LogP contribution is -2.26. The molecule has 2 nitrogen and oxygen atoms in total. The van der Waals surface area contributed by atoms with Gasteiger partial charge in [-0.25, -0.2) is 0 Å². The summed E-state index contributed by atoms with van der Waals surface area (Å²) in [6.45, 7) is 3.61. The Hall–Kier alpha value is -1.03. The third-order valence-corrected chi connectivity index (χ3v) is 3.55. The standard InChI is InChI=1S/C14H16ClNOS/c1-2-16-14(11-6-7-18-10-11)9-17-13-5-3-4-12(15)8-13/h3-8,10,14,16H,2,9H2,1H3. The van der Waals surface area contributed by atoms with Gasteiger partial charge in [0.25, 0.3) is 0 Å². The van der Waals surface area contributed by atoms with E-state index in [1.807, 2.05) is 24.3 Å². The summed E-state index contributed by atoms with van der Waals surface area (Å²) in [7, 11) is 0. The van der Waals surface area contributed by atoms with Crippen molar-refractivity contribution >= 4 is 22.9 Å². The molecule has 1 atom stereocenters. The van der Waals surface area contributed by atoms with E-state index in [4.69, 9.17) is 16.3 Å². The van der Waals surface area contributed by atoms with E-state index in [0.29, 0.717) is 11.6 Å². The first-order chi connectivity index (χ1) is 8.79. The summed E-state index contributed by atoms with van der Waals surface area (Å²) in [5, 5.41) is 8.35. The fraction of sp³-hybridized carbons (Fsp3) is 0.286. The molecular weight excluding hydrogens is 266 g/mol. The molecule has 2 rings (SSSR count). The minimum atomic E-state index is 0.222. The quantitative estimate of drug-likeness (QED) is 0.859. The normalized spacial score (nSPS) is 12.3. The Bertz CT molecular complexity index is 472. The predicted octanol–water partition coefficient (Wildman–Crippen LogP) is 4.13. The minimum Gasteiger partial charge on any atom is -0.492 e. The zero-order valence-corrected chi connectivity index (χ0v) is 11.8. The summed E-state index contributed by atoms with van der Waals surface area (Å²) < 4.78 is 5.78. The van der Waals surface area contributed by atoms with Gasteiger partial charge in [0.2, 0.25) is 0 Å². The Kier molecular flexibility index (Phi) is 5.05. The molecule has 1 unspecified atom stereocenters. The maximum Gasteiger partial charge on any atom is 0.120 e. The van der Waals surface area contributed by atoms with Gasteiger partial charge >= 0.3 is 0 Å². The number of nitrogens with one attached hydrogen (secondary N) is 1. The Balaban J connectivity index is 1.98. The van der Waals surface area contributed by atoms with Crippen molar-refractivity contribution in [1.29, 1.82) is 0 Å². The molecule has 0 aliphatic carbocycles. The van der Waals surface area contributed by atoms with Crippen molar-refractivity contribution in [3.8, 4) is 5.75 Å². The minimum absolute atomic E-state index is 0.222. The molecule has 1 aromatic heterocycles. The third-order valence-electron chi connectivity index (χ3n) is 2.61. The van der Waals surface area contributed by atoms with Crippen molar-refractivity contribution in [3.63, 3.8) is 0 Å². The van der Waals surface area contributed by atoms with Crippen LogP contribution in [0.1, 0.15) is 18.5 Å². The van der Waals surface area contributed by atoms with Crippen molar-refractivity contribution in [2.24, 2.45) is 0 Å². The lowest BCUT2D eigenvalue weighted by molar-refractivity contribution is 0.268. The molecule has 0 bridgehead atoms. The number of ether oxygens (including phenoxy) is 1. The van der Waals surface area contributed by atoms with E-state index >= 15 is 0 Å². The first-order valence-corrected chi connectivity index (χ1v) is 7.25. The van der Waals surface area contributed by atoms with Gasteiger partial charge in [-0.15, -0.1) is 0 Å². The van der Waals surface area contributed by atoms with Gasteiger partial charge in [0.05, 0.1) is 6.04 Å². The second kappa shape index (κ2) is 6.78. The molecule has 4 heteroatoms. The maximum absolute atomic E-state index is 5.93. The van der Waals surface area contributed by atoms with Gasteiger partial charge in [-0.2, -0.15) is 11.3 Å². The summed E-state index contributed by atoms with van der Waals surface area (Å²) in [5.74, 6) is 0.806. The Morgan fingerprint density at radius 1 is 1.39 bits per heavy atom. The fourth-order valence-electron chi connectivity index (χ4n) is 1.73. The predicted molar refractivity (Wildman–Crippen MR) is 77.7 cm³/mol. The number of thiophene rings is 1. The van der Waals surface area contributed by atoms with Crippen molar-refractivity contribution in [2.75, 3.05) is 13.2 Å². The molecule has 1 N–H and O–H groups in total. The Morgan fingerprint density at radius 2 is 2.28 bits per heavy atom. The van der Waals surface area contributed by atoms with E-state index in [2.05, 4.69) is 29.1 Å². The molecule has 2 aromatic rings. The Labute approximate surface area is 117 Å². The monoisotopic (exact) mass is 281 g/mol. The van der Waals surface area contributed by atoms with Crippen LogP contribution in [0, 0.1) is 0 Å². The number of halogens is 1. The van der Waals surface area contributed by atoms with E-state index in [1.165, 1.54) is 5.56 Å². The zero-order valence-electron chi connectivity index (χ0n) is 10.2. The molecule has 1 aromatic carbocycles. The number of rotatable bonds is 6. The molecule has 0 radical (unpaired) electrons. The fourth-order valence-corrected chi connectivity index (χ4v) is 2.62. The molecule has 18 heavy (non-hydrogen) atoms. The molecule has 0 fully saturated rings.